The lowest BCUT2D eigenvalue weighted by molar-refractivity contribution is -0.0119. The number of nitrogens with one attached hydrogen (secondary N) is 1. The third kappa shape index (κ3) is 4.44. The fourth-order valence-electron chi connectivity index (χ4n) is 4.65. The van der Waals surface area contributed by atoms with E-state index in [-0.39, 0.29) is 16.7 Å². The van der Waals surface area contributed by atoms with Crippen molar-refractivity contribution in [1.82, 2.24) is 9.96 Å². The first-order valence-corrected chi connectivity index (χ1v) is 13.0. The Bertz CT molecular complexity index is 1390. The van der Waals surface area contributed by atoms with Crippen LogP contribution in [0.1, 0.15) is 35.2 Å². The molecular formula is C26H27N3O5S. The van der Waals surface area contributed by atoms with Crippen molar-refractivity contribution < 1.29 is 22.8 Å². The zero-order valence-electron chi connectivity index (χ0n) is 19.8. The number of sulfone groups is 1. The van der Waals surface area contributed by atoms with E-state index in [4.69, 9.17) is 9.57 Å². The first-order chi connectivity index (χ1) is 16.7. The highest BCUT2D eigenvalue weighted by atomic mass is 32.2. The smallest absolute Gasteiger partial charge is 0.355 e. The topological polar surface area (TPSA) is 88.2 Å². The van der Waals surface area contributed by atoms with Crippen molar-refractivity contribution in [3.05, 3.63) is 82.9 Å². The van der Waals surface area contributed by atoms with Crippen LogP contribution < -0.4 is 14.9 Å². The molecule has 0 fully saturated rings. The molecule has 0 spiro atoms. The molecule has 2 heterocycles. The number of amides is 2. The molecule has 3 aromatic carbocycles. The van der Waals surface area contributed by atoms with Gasteiger partial charge in [-0.2, -0.15) is 0 Å². The zero-order valence-corrected chi connectivity index (χ0v) is 20.6. The minimum absolute atomic E-state index is 0.0745. The summed E-state index contributed by atoms with van der Waals surface area (Å²) in [5.74, 6) is 1.14. The number of nitrogens with zero attached hydrogens (tertiary/aromatic N) is 2. The first-order valence-electron chi connectivity index (χ1n) is 11.3. The van der Waals surface area contributed by atoms with E-state index in [9.17, 15) is 13.2 Å². The van der Waals surface area contributed by atoms with E-state index in [0.717, 1.165) is 24.2 Å². The van der Waals surface area contributed by atoms with Gasteiger partial charge in [0.1, 0.15) is 11.8 Å². The van der Waals surface area contributed by atoms with Crippen LogP contribution >= 0.6 is 0 Å². The minimum atomic E-state index is -3.53. The summed E-state index contributed by atoms with van der Waals surface area (Å²) in [5, 5.41) is 4.01. The quantitative estimate of drug-likeness (QED) is 0.562. The third-order valence-corrected chi connectivity index (χ3v) is 8.09. The molecule has 3 aromatic rings. The van der Waals surface area contributed by atoms with Crippen molar-refractivity contribution in [3.63, 3.8) is 0 Å². The van der Waals surface area contributed by atoms with E-state index in [1.54, 1.807) is 31.4 Å². The van der Waals surface area contributed by atoms with Crippen LogP contribution in [0.3, 0.4) is 0 Å². The van der Waals surface area contributed by atoms with Gasteiger partial charge in [-0.15, -0.1) is 5.06 Å². The van der Waals surface area contributed by atoms with Gasteiger partial charge in [0.2, 0.25) is 0 Å². The molecule has 1 unspecified atom stereocenters. The molecule has 5 rings (SSSR count). The highest BCUT2D eigenvalue weighted by Gasteiger charge is 2.35. The number of methoxy groups -OCH3 is 1. The van der Waals surface area contributed by atoms with Gasteiger partial charge < -0.3 is 14.9 Å². The van der Waals surface area contributed by atoms with Crippen molar-refractivity contribution in [3.8, 4) is 11.5 Å². The molecule has 8 nitrogen and oxygen atoms in total. The molecule has 2 amide bonds. The number of hydroxylamine groups is 2. The van der Waals surface area contributed by atoms with Gasteiger partial charge in [0.15, 0.2) is 15.6 Å². The molecular weight excluding hydrogens is 466 g/mol. The lowest BCUT2D eigenvalue weighted by atomic mass is 10.1. The number of carbonyl (C=O) groups excluding carboxylic acids is 1. The largest absolute Gasteiger partial charge is 0.496 e. The maximum atomic E-state index is 13.0. The van der Waals surface area contributed by atoms with Gasteiger partial charge in [-0.25, -0.2) is 13.2 Å². The number of hydrogen-bond acceptors (Lipinski definition) is 6. The average molecular weight is 494 g/mol. The fourth-order valence-corrected chi connectivity index (χ4v) is 5.98. The van der Waals surface area contributed by atoms with E-state index in [1.807, 2.05) is 38.2 Å². The van der Waals surface area contributed by atoms with Crippen molar-refractivity contribution in [2.24, 2.45) is 0 Å². The second kappa shape index (κ2) is 8.90. The summed E-state index contributed by atoms with van der Waals surface area (Å²) in [7, 11) is 0.0844. The van der Waals surface area contributed by atoms with Gasteiger partial charge in [0, 0.05) is 18.8 Å². The molecule has 0 saturated carbocycles. The van der Waals surface area contributed by atoms with Crippen molar-refractivity contribution >= 4 is 21.6 Å². The summed E-state index contributed by atoms with van der Waals surface area (Å²) in [4.78, 5) is 21.0. The lowest BCUT2D eigenvalue weighted by Gasteiger charge is -2.20. The molecule has 9 heteroatoms. The van der Waals surface area contributed by atoms with Crippen molar-refractivity contribution in [1.29, 1.82) is 0 Å². The number of urea groups is 1. The predicted octanol–water partition coefficient (Wildman–Crippen LogP) is 4.52. The number of benzene rings is 3. The van der Waals surface area contributed by atoms with Crippen LogP contribution in [0.15, 0.2) is 65.6 Å². The Hall–Kier alpha value is -3.56. The Labute approximate surface area is 204 Å². The van der Waals surface area contributed by atoms with Gasteiger partial charge >= 0.3 is 6.03 Å². The predicted molar refractivity (Wildman–Crippen MR) is 132 cm³/mol. The molecule has 0 bridgehead atoms. The molecule has 0 saturated heterocycles. The SMILES string of the molecule is COc1cccc2c1C(C)N(C(=O)Nc1ccc(S(=O)(=O)Cc3ccc4c(c3)CN(C)C4)cc1)O2. The molecule has 1 N–H and O–H groups in total. The molecule has 2 aliphatic heterocycles. The minimum Gasteiger partial charge on any atom is -0.496 e. The maximum absolute atomic E-state index is 13.0. The van der Waals surface area contributed by atoms with Crippen LogP contribution in [-0.4, -0.2) is 38.6 Å². The van der Waals surface area contributed by atoms with Crippen LogP contribution in [-0.2, 0) is 28.7 Å². The molecule has 0 aromatic heterocycles. The van der Waals surface area contributed by atoms with Crippen LogP contribution in [0.25, 0.3) is 0 Å². The van der Waals surface area contributed by atoms with Crippen LogP contribution in [0.2, 0.25) is 0 Å². The molecule has 182 valence electrons. The lowest BCUT2D eigenvalue weighted by Crippen LogP contribution is -2.35. The molecule has 35 heavy (non-hydrogen) atoms. The summed E-state index contributed by atoms with van der Waals surface area (Å²) in [6.45, 7) is 3.56. The number of fused-ring (bicyclic) bond motifs is 2. The van der Waals surface area contributed by atoms with Crippen LogP contribution in [0, 0.1) is 0 Å². The number of hydrogen-bond donors (Lipinski definition) is 1. The van der Waals surface area contributed by atoms with E-state index < -0.39 is 15.9 Å². The zero-order chi connectivity index (χ0) is 24.7. The summed E-state index contributed by atoms with van der Waals surface area (Å²) in [5.41, 5.74) is 4.45. The van der Waals surface area contributed by atoms with E-state index in [0.29, 0.717) is 17.2 Å². The average Bonchev–Trinajstić information content (AvgIpc) is 3.37. The first kappa shape index (κ1) is 23.2. The standard InChI is InChI=1S/C26H27N3O5S/c1-17-25-23(33-3)5-4-6-24(25)34-29(17)26(30)27-21-9-11-22(12-10-21)35(31,32)16-18-7-8-19-14-28(2)15-20(19)13-18/h4-13,17H,14-16H2,1-3H3,(H,27,30). The summed E-state index contributed by atoms with van der Waals surface area (Å²) < 4.78 is 31.4. The number of rotatable bonds is 5. The summed E-state index contributed by atoms with van der Waals surface area (Å²) in [6.07, 6.45) is 0. The van der Waals surface area contributed by atoms with E-state index in [1.165, 1.54) is 28.3 Å². The van der Waals surface area contributed by atoms with Crippen molar-refractivity contribution in [2.75, 3.05) is 19.5 Å². The van der Waals surface area contributed by atoms with Crippen molar-refractivity contribution in [2.45, 2.75) is 36.7 Å². The van der Waals surface area contributed by atoms with E-state index in [2.05, 4.69) is 10.2 Å². The monoisotopic (exact) mass is 493 g/mol. The Morgan fingerprint density at radius 1 is 1.09 bits per heavy atom. The second-order valence-electron chi connectivity index (χ2n) is 8.95. The Morgan fingerprint density at radius 3 is 2.57 bits per heavy atom. The Balaban J connectivity index is 1.26. The van der Waals surface area contributed by atoms with E-state index >= 15 is 0 Å². The normalized spacial score (nSPS) is 17.0. The fraction of sp³-hybridized carbons (Fsp3) is 0.269. The number of anilines is 1. The van der Waals surface area contributed by atoms with Crippen LogP contribution in [0.4, 0.5) is 10.5 Å². The maximum Gasteiger partial charge on any atom is 0.355 e. The van der Waals surface area contributed by atoms with Crippen LogP contribution in [0.5, 0.6) is 11.5 Å². The van der Waals surface area contributed by atoms with Gasteiger partial charge in [0.25, 0.3) is 0 Å². The Kier molecular flexibility index (Phi) is 5.90. The summed E-state index contributed by atoms with van der Waals surface area (Å²) in [6, 6.07) is 16.6. The highest BCUT2D eigenvalue weighted by Crippen LogP contribution is 2.43. The third-order valence-electron chi connectivity index (χ3n) is 6.39. The molecule has 0 radical (unpaired) electrons. The summed E-state index contributed by atoms with van der Waals surface area (Å²) >= 11 is 0. The molecule has 2 aliphatic rings. The highest BCUT2D eigenvalue weighted by molar-refractivity contribution is 7.90. The molecule has 0 aliphatic carbocycles. The van der Waals surface area contributed by atoms with Gasteiger partial charge in [-0.05, 0) is 67.1 Å². The second-order valence-corrected chi connectivity index (χ2v) is 10.9. The van der Waals surface area contributed by atoms with Gasteiger partial charge in [-0.1, -0.05) is 24.3 Å². The Morgan fingerprint density at radius 2 is 1.83 bits per heavy atom. The molecule has 1 atom stereocenters. The number of ether oxygens (including phenoxy) is 1. The number of carbonyl (C=O) groups is 1. The van der Waals surface area contributed by atoms with Gasteiger partial charge in [0.05, 0.1) is 23.3 Å². The van der Waals surface area contributed by atoms with Gasteiger partial charge in [-0.3, -0.25) is 4.90 Å².